The van der Waals surface area contributed by atoms with Crippen LogP contribution in [-0.2, 0) is 9.59 Å². The summed E-state index contributed by atoms with van der Waals surface area (Å²) in [7, 11) is 2.27. The number of aliphatic hydroxyl groups excluding tert-OH is 1. The molecule has 46 heavy (non-hydrogen) atoms. The van der Waals surface area contributed by atoms with Crippen LogP contribution in [0.3, 0.4) is 0 Å². The number of aliphatic hydroxyl groups is 1. The van der Waals surface area contributed by atoms with Gasteiger partial charge in [0.15, 0.2) is 0 Å². The van der Waals surface area contributed by atoms with Crippen LogP contribution in [0.25, 0.3) is 0 Å². The molecule has 0 aliphatic rings. The first kappa shape index (κ1) is 47.5. The van der Waals surface area contributed by atoms with Gasteiger partial charge in [0.05, 0.1) is 6.10 Å². The van der Waals surface area contributed by atoms with Crippen molar-refractivity contribution in [3.63, 3.8) is 0 Å². The van der Waals surface area contributed by atoms with E-state index in [9.17, 15) is 9.59 Å². The Hall–Kier alpha value is -0.570. The second-order valence-corrected chi connectivity index (χ2v) is 14.5. The lowest BCUT2D eigenvalue weighted by atomic mass is 10.0. The smallest absolute Gasteiger partial charge is 0.148 e. The molecule has 0 heterocycles. The molecule has 0 spiro atoms. The summed E-state index contributed by atoms with van der Waals surface area (Å²) >= 11 is 0. The Labute approximate surface area is 290 Å². The molecule has 0 radical (unpaired) electrons. The van der Waals surface area contributed by atoms with Crippen LogP contribution in [0, 0.1) is 0 Å². The number of ketones is 1. The van der Waals surface area contributed by atoms with Crippen molar-refractivity contribution in [1.82, 2.24) is 0 Å². The van der Waals surface area contributed by atoms with Crippen molar-refractivity contribution in [2.24, 2.45) is 5.73 Å². The monoisotopic (exact) mass is 668 g/mol. The van der Waals surface area contributed by atoms with E-state index in [1.165, 1.54) is 161 Å². The maximum Gasteiger partial charge on any atom is 0.148 e. The molecule has 4 nitrogen and oxygen atoms in total. The maximum atomic E-state index is 12.1. The van der Waals surface area contributed by atoms with Crippen molar-refractivity contribution in [3.05, 3.63) is 12.2 Å². The fourth-order valence-electron chi connectivity index (χ4n) is 5.83. The van der Waals surface area contributed by atoms with Gasteiger partial charge in [-0.15, -0.1) is 0 Å². The zero-order chi connectivity index (χ0) is 34.2. The molecular weight excluding hydrogens is 585 g/mol. The molecule has 0 amide bonds. The number of rotatable bonds is 36. The first-order valence-electron chi connectivity index (χ1n) is 20.3. The number of unbranched alkanes of at least 4 members (excludes halogenated alkanes) is 25. The van der Waals surface area contributed by atoms with Gasteiger partial charge in [-0.25, -0.2) is 0 Å². The molecule has 0 saturated heterocycles. The average Bonchev–Trinajstić information content (AvgIpc) is 3.04. The molecule has 2 atom stereocenters. The van der Waals surface area contributed by atoms with Gasteiger partial charge in [-0.2, -0.15) is 0 Å². The Balaban J connectivity index is 0. The number of hydrogen-bond acceptors (Lipinski definition) is 4. The maximum absolute atomic E-state index is 12.1. The Morgan fingerprint density at radius 3 is 1.22 bits per heavy atom. The lowest BCUT2D eigenvalue weighted by Crippen LogP contribution is -2.19. The van der Waals surface area contributed by atoms with E-state index in [1.807, 2.05) is 0 Å². The van der Waals surface area contributed by atoms with Crippen molar-refractivity contribution in [1.29, 1.82) is 0 Å². The van der Waals surface area contributed by atoms with Gasteiger partial charge in [0.1, 0.15) is 11.3 Å². The minimum absolute atomic E-state index is 0.244. The molecular formula is C41H82NO3P. The highest BCUT2D eigenvalue weighted by molar-refractivity contribution is 7.40. The lowest BCUT2D eigenvalue weighted by molar-refractivity contribution is -0.119. The Kier molecular flexibility index (Phi) is 43.9. The molecule has 3 N–H and O–H groups in total. The molecule has 2 unspecified atom stereocenters. The van der Waals surface area contributed by atoms with Gasteiger partial charge in [-0.1, -0.05) is 176 Å². The Morgan fingerprint density at radius 1 is 0.522 bits per heavy atom. The van der Waals surface area contributed by atoms with Crippen LogP contribution in [0.2, 0.25) is 0 Å². The molecule has 0 rings (SSSR count). The minimum atomic E-state index is -0.267. The van der Waals surface area contributed by atoms with Gasteiger partial charge < -0.3 is 10.8 Å². The van der Waals surface area contributed by atoms with E-state index >= 15 is 0 Å². The van der Waals surface area contributed by atoms with Gasteiger partial charge in [0, 0.05) is 25.8 Å². The zero-order valence-corrected chi connectivity index (χ0v) is 32.3. The van der Waals surface area contributed by atoms with Gasteiger partial charge in [0.2, 0.25) is 0 Å². The zero-order valence-electron chi connectivity index (χ0n) is 31.2. The highest BCUT2D eigenvalue weighted by Gasteiger charge is 2.02. The van der Waals surface area contributed by atoms with E-state index in [1.54, 1.807) is 0 Å². The van der Waals surface area contributed by atoms with E-state index in [0.717, 1.165) is 51.4 Å². The van der Waals surface area contributed by atoms with Crippen LogP contribution in [0.4, 0.5) is 0 Å². The third-order valence-corrected chi connectivity index (χ3v) is 9.30. The van der Waals surface area contributed by atoms with E-state index in [0.29, 0.717) is 12.3 Å². The van der Waals surface area contributed by atoms with Gasteiger partial charge in [-0.3, -0.25) is 9.59 Å². The van der Waals surface area contributed by atoms with E-state index < -0.39 is 0 Å². The van der Waals surface area contributed by atoms with Crippen LogP contribution in [0.5, 0.6) is 0 Å². The SMILES string of the molecule is CCCCCC(O)CN.CCCCCCCCCCCCCCCC(=O)CCCCCCCC/C=C\CCCCCCCC(=O)P. The average molecular weight is 668 g/mol. The van der Waals surface area contributed by atoms with Crippen LogP contribution in [0.1, 0.15) is 226 Å². The summed E-state index contributed by atoms with van der Waals surface area (Å²) in [6.45, 7) is 4.84. The highest BCUT2D eigenvalue weighted by atomic mass is 31.0. The number of carbonyl (C=O) groups is 2. The molecule has 5 heteroatoms. The summed E-state index contributed by atoms with van der Waals surface area (Å²) in [5.41, 5.74) is 5.45. The molecule has 0 aromatic rings. The number of nitrogens with two attached hydrogens (primary N) is 1. The molecule has 0 aromatic carbocycles. The Bertz CT molecular complexity index is 639. The number of allylic oxidation sites excluding steroid dienone is 2. The number of hydrogen-bond donors (Lipinski definition) is 2. The summed E-state index contributed by atoms with van der Waals surface area (Å²) in [6.07, 6.45) is 45.0. The number of Topliss-reactive ketones (excluding diaryl/α,β-unsaturated/α-hetero) is 1. The molecule has 0 bridgehead atoms. The molecule has 0 aliphatic heterocycles. The standard InChI is InChI=1S/C34H65O2P.C7H17NO/c1-2-3-4-5-6-7-8-12-15-18-21-24-27-30-33(35)31-28-25-22-19-16-13-10-9-11-14-17-20-23-26-29-32-34(36)37;1-2-3-4-5-7(9)6-8/h9,11H,2-8,10,12-32,37H2,1H3;7,9H,2-6,8H2,1H3/b11-9-;. The molecule has 0 aliphatic carbocycles. The fourth-order valence-corrected chi connectivity index (χ4v) is 6.04. The predicted molar refractivity (Wildman–Crippen MR) is 208 cm³/mol. The van der Waals surface area contributed by atoms with Gasteiger partial charge in [0.25, 0.3) is 0 Å². The van der Waals surface area contributed by atoms with Crippen LogP contribution < -0.4 is 5.73 Å². The fraction of sp³-hybridized carbons (Fsp3) is 0.902. The van der Waals surface area contributed by atoms with E-state index in [2.05, 4.69) is 35.2 Å². The van der Waals surface area contributed by atoms with Gasteiger partial charge >= 0.3 is 0 Å². The summed E-state index contributed by atoms with van der Waals surface area (Å²) < 4.78 is 0. The molecule has 0 aromatic heterocycles. The quantitative estimate of drug-likeness (QED) is 0.0396. The van der Waals surface area contributed by atoms with Crippen LogP contribution in [0.15, 0.2) is 12.2 Å². The van der Waals surface area contributed by atoms with Crippen molar-refractivity contribution >= 4 is 20.5 Å². The largest absolute Gasteiger partial charge is 0.392 e. The summed E-state index contributed by atoms with van der Waals surface area (Å²) in [5, 5.41) is 8.96. The summed E-state index contributed by atoms with van der Waals surface area (Å²) in [6, 6.07) is 0. The molecule has 0 saturated carbocycles. The second-order valence-electron chi connectivity index (χ2n) is 13.8. The first-order chi connectivity index (χ1) is 22.5. The predicted octanol–water partition coefficient (Wildman–Crippen LogP) is 12.7. The van der Waals surface area contributed by atoms with Crippen molar-refractivity contribution in [2.45, 2.75) is 232 Å². The molecule has 0 fully saturated rings. The van der Waals surface area contributed by atoms with Crippen molar-refractivity contribution < 1.29 is 14.7 Å². The van der Waals surface area contributed by atoms with Crippen molar-refractivity contribution in [3.8, 4) is 0 Å². The second kappa shape index (κ2) is 42.5. The minimum Gasteiger partial charge on any atom is -0.392 e. The highest BCUT2D eigenvalue weighted by Crippen LogP contribution is 2.15. The third kappa shape index (κ3) is 45.6. The number of carbonyl (C=O) groups excluding carboxylic acids is 2. The third-order valence-electron chi connectivity index (χ3n) is 9.01. The Morgan fingerprint density at radius 2 is 0.848 bits per heavy atom. The summed E-state index contributed by atoms with van der Waals surface area (Å²) in [5.74, 6) is 0.503. The molecule has 274 valence electrons. The lowest BCUT2D eigenvalue weighted by Gasteiger charge is -2.04. The van der Waals surface area contributed by atoms with Crippen molar-refractivity contribution in [2.75, 3.05) is 6.54 Å². The topological polar surface area (TPSA) is 80.4 Å². The van der Waals surface area contributed by atoms with Crippen LogP contribution >= 0.6 is 9.24 Å². The normalized spacial score (nSPS) is 11.9. The first-order valence-corrected chi connectivity index (χ1v) is 20.9. The van der Waals surface area contributed by atoms with E-state index in [-0.39, 0.29) is 11.6 Å². The van der Waals surface area contributed by atoms with Crippen LogP contribution in [-0.4, -0.2) is 29.1 Å². The van der Waals surface area contributed by atoms with E-state index in [4.69, 9.17) is 10.8 Å². The summed E-state index contributed by atoms with van der Waals surface area (Å²) in [4.78, 5) is 23.0. The van der Waals surface area contributed by atoms with Gasteiger partial charge in [-0.05, 0) is 51.4 Å².